The molecule has 0 unspecified atom stereocenters. The minimum Gasteiger partial charge on any atom is -0.354 e. The Kier molecular flexibility index (Phi) is 9.94. The number of nitrogens with two attached hydrogens (primary N) is 1. The molecule has 24 heavy (non-hydrogen) atoms. The Hall–Kier alpha value is -0.240. The van der Waals surface area contributed by atoms with E-state index in [2.05, 4.69) is 5.32 Å². The molecule has 9 heteroatoms. The van der Waals surface area contributed by atoms with Gasteiger partial charge in [0.25, 0.3) is 0 Å². The molecule has 2 rings (SSSR count). The van der Waals surface area contributed by atoms with Gasteiger partial charge in [0.15, 0.2) is 0 Å². The Bertz CT molecular complexity index is 383. The number of halogens is 5. The SMILES string of the molecule is Cl.Cl.NC1(C(=O)NCCC2CCN(CC(F)(F)F)CC2)CCCC1. The highest BCUT2D eigenvalue weighted by Crippen LogP contribution is 2.27. The smallest absolute Gasteiger partial charge is 0.354 e. The summed E-state index contributed by atoms with van der Waals surface area (Å²) in [6.45, 7) is 0.728. The second kappa shape index (κ2) is 10.0. The van der Waals surface area contributed by atoms with Gasteiger partial charge in [-0.05, 0) is 51.1 Å². The highest BCUT2D eigenvalue weighted by molar-refractivity contribution is 5.86. The van der Waals surface area contributed by atoms with E-state index in [-0.39, 0.29) is 30.7 Å². The summed E-state index contributed by atoms with van der Waals surface area (Å²) in [4.78, 5) is 13.5. The van der Waals surface area contributed by atoms with Crippen LogP contribution in [0.1, 0.15) is 44.9 Å². The maximum absolute atomic E-state index is 12.3. The van der Waals surface area contributed by atoms with Crippen molar-refractivity contribution in [1.29, 1.82) is 0 Å². The first kappa shape index (κ1) is 23.8. The van der Waals surface area contributed by atoms with Crippen molar-refractivity contribution in [2.45, 2.75) is 56.7 Å². The van der Waals surface area contributed by atoms with Crippen molar-refractivity contribution < 1.29 is 18.0 Å². The molecule has 2 fully saturated rings. The van der Waals surface area contributed by atoms with Gasteiger partial charge in [0.1, 0.15) is 0 Å². The lowest BCUT2D eigenvalue weighted by Crippen LogP contribution is -2.52. The van der Waals surface area contributed by atoms with Crippen LogP contribution in [0.2, 0.25) is 0 Å². The number of alkyl halides is 3. The fourth-order valence-electron chi connectivity index (χ4n) is 3.49. The standard InChI is InChI=1S/C15H26F3N3O.2ClH/c16-15(17,18)11-21-9-4-12(5-10-21)3-8-20-13(22)14(19)6-1-2-7-14;;/h12H,1-11,19H2,(H,20,22);2*1H. The third-order valence-corrected chi connectivity index (χ3v) is 4.90. The van der Waals surface area contributed by atoms with Crippen molar-refractivity contribution in [2.24, 2.45) is 11.7 Å². The molecule has 1 aliphatic carbocycles. The average molecular weight is 394 g/mol. The number of piperidine rings is 1. The Balaban J connectivity index is 0.00000264. The van der Waals surface area contributed by atoms with Crippen LogP contribution in [0, 0.1) is 5.92 Å². The molecule has 4 nitrogen and oxygen atoms in total. The van der Waals surface area contributed by atoms with Crippen molar-refractivity contribution >= 4 is 30.7 Å². The normalized spacial score (nSPS) is 21.7. The number of nitrogens with zero attached hydrogens (tertiary/aromatic N) is 1. The van der Waals surface area contributed by atoms with Gasteiger partial charge in [-0.15, -0.1) is 24.8 Å². The number of nitrogens with one attached hydrogen (secondary N) is 1. The molecule has 3 N–H and O–H groups in total. The number of likely N-dealkylation sites (tertiary alicyclic amines) is 1. The van der Waals surface area contributed by atoms with Crippen LogP contribution in [0.5, 0.6) is 0 Å². The Morgan fingerprint density at radius 3 is 2.21 bits per heavy atom. The monoisotopic (exact) mass is 393 g/mol. The summed E-state index contributed by atoms with van der Waals surface area (Å²) < 4.78 is 36.9. The number of rotatable bonds is 5. The van der Waals surface area contributed by atoms with Gasteiger partial charge in [0, 0.05) is 6.54 Å². The van der Waals surface area contributed by atoms with Crippen LogP contribution in [0.4, 0.5) is 13.2 Å². The second-order valence-corrected chi connectivity index (χ2v) is 6.74. The molecule has 0 aromatic carbocycles. The first-order valence-corrected chi connectivity index (χ1v) is 8.15. The zero-order valence-electron chi connectivity index (χ0n) is 13.7. The van der Waals surface area contributed by atoms with Gasteiger partial charge in [-0.2, -0.15) is 13.2 Å². The third kappa shape index (κ3) is 7.33. The van der Waals surface area contributed by atoms with Gasteiger partial charge in [-0.25, -0.2) is 0 Å². The summed E-state index contributed by atoms with van der Waals surface area (Å²) in [5.41, 5.74) is 5.38. The van der Waals surface area contributed by atoms with Gasteiger partial charge in [-0.3, -0.25) is 9.69 Å². The molecule has 1 aliphatic heterocycles. The van der Waals surface area contributed by atoms with Gasteiger partial charge in [0.05, 0.1) is 12.1 Å². The summed E-state index contributed by atoms with van der Waals surface area (Å²) in [6, 6.07) is 0. The first-order valence-electron chi connectivity index (χ1n) is 8.15. The van der Waals surface area contributed by atoms with E-state index in [1.165, 1.54) is 4.90 Å². The summed E-state index contributed by atoms with van der Waals surface area (Å²) in [6.07, 6.45) is 1.73. The van der Waals surface area contributed by atoms with Crippen molar-refractivity contribution in [1.82, 2.24) is 10.2 Å². The van der Waals surface area contributed by atoms with E-state index < -0.39 is 18.3 Å². The van der Waals surface area contributed by atoms with Crippen LogP contribution in [-0.4, -0.2) is 48.7 Å². The number of amides is 1. The minimum absolute atomic E-state index is 0. The molecule has 0 aromatic heterocycles. The minimum atomic E-state index is -4.11. The van der Waals surface area contributed by atoms with E-state index in [9.17, 15) is 18.0 Å². The van der Waals surface area contributed by atoms with Crippen LogP contribution in [0.15, 0.2) is 0 Å². The maximum Gasteiger partial charge on any atom is 0.401 e. The molecule has 0 atom stereocenters. The molecule has 0 spiro atoms. The van der Waals surface area contributed by atoms with E-state index in [0.717, 1.165) is 44.9 Å². The molecule has 1 heterocycles. The molecule has 2 aliphatic rings. The molecular weight excluding hydrogens is 366 g/mol. The highest BCUT2D eigenvalue weighted by Gasteiger charge is 2.37. The van der Waals surface area contributed by atoms with Crippen molar-refractivity contribution in [3.05, 3.63) is 0 Å². The second-order valence-electron chi connectivity index (χ2n) is 6.74. The summed E-state index contributed by atoms with van der Waals surface area (Å²) in [7, 11) is 0. The number of carbonyl (C=O) groups excluding carboxylic acids is 1. The number of hydrogen-bond donors (Lipinski definition) is 2. The molecule has 1 amide bonds. The van der Waals surface area contributed by atoms with Gasteiger partial charge >= 0.3 is 6.18 Å². The lowest BCUT2D eigenvalue weighted by atomic mass is 9.93. The highest BCUT2D eigenvalue weighted by atomic mass is 35.5. The average Bonchev–Trinajstić information content (AvgIpc) is 2.87. The van der Waals surface area contributed by atoms with Crippen LogP contribution in [0.3, 0.4) is 0 Å². The van der Waals surface area contributed by atoms with E-state index in [1.807, 2.05) is 0 Å². The third-order valence-electron chi connectivity index (χ3n) is 4.90. The summed E-state index contributed by atoms with van der Waals surface area (Å²) in [5.74, 6) is 0.321. The van der Waals surface area contributed by atoms with E-state index in [0.29, 0.717) is 25.6 Å². The van der Waals surface area contributed by atoms with E-state index in [4.69, 9.17) is 5.73 Å². The van der Waals surface area contributed by atoms with Crippen LogP contribution in [-0.2, 0) is 4.79 Å². The molecule has 0 aromatic rings. The van der Waals surface area contributed by atoms with Gasteiger partial charge in [0.2, 0.25) is 5.91 Å². The fourth-order valence-corrected chi connectivity index (χ4v) is 3.49. The quantitative estimate of drug-likeness (QED) is 0.754. The van der Waals surface area contributed by atoms with Gasteiger partial charge in [-0.1, -0.05) is 12.8 Å². The van der Waals surface area contributed by atoms with E-state index in [1.54, 1.807) is 0 Å². The lowest BCUT2D eigenvalue weighted by Gasteiger charge is -2.32. The molecule has 0 bridgehead atoms. The fraction of sp³-hybridized carbons (Fsp3) is 0.933. The topological polar surface area (TPSA) is 58.4 Å². The molecular formula is C15H28Cl2F3N3O. The van der Waals surface area contributed by atoms with Crippen molar-refractivity contribution in [3.63, 3.8) is 0 Å². The predicted molar refractivity (Wildman–Crippen MR) is 92.7 cm³/mol. The molecule has 1 saturated heterocycles. The Labute approximate surface area is 153 Å². The predicted octanol–water partition coefficient (Wildman–Crippen LogP) is 2.88. The van der Waals surface area contributed by atoms with Crippen LogP contribution >= 0.6 is 24.8 Å². The van der Waals surface area contributed by atoms with Crippen LogP contribution in [0.25, 0.3) is 0 Å². The molecule has 1 saturated carbocycles. The number of hydrogen-bond acceptors (Lipinski definition) is 3. The number of carbonyl (C=O) groups is 1. The molecule has 144 valence electrons. The van der Waals surface area contributed by atoms with Crippen molar-refractivity contribution in [2.75, 3.05) is 26.2 Å². The lowest BCUT2D eigenvalue weighted by molar-refractivity contribution is -0.148. The van der Waals surface area contributed by atoms with Crippen molar-refractivity contribution in [3.8, 4) is 0 Å². The first-order chi connectivity index (χ1) is 10.3. The maximum atomic E-state index is 12.3. The van der Waals surface area contributed by atoms with Crippen LogP contribution < -0.4 is 11.1 Å². The Morgan fingerprint density at radius 1 is 1.17 bits per heavy atom. The zero-order chi connectivity index (χ0) is 16.2. The summed E-state index contributed by atoms with van der Waals surface area (Å²) in [5, 5.41) is 2.90. The zero-order valence-corrected chi connectivity index (χ0v) is 15.4. The summed E-state index contributed by atoms with van der Waals surface area (Å²) >= 11 is 0. The Morgan fingerprint density at radius 2 is 1.71 bits per heavy atom. The van der Waals surface area contributed by atoms with E-state index >= 15 is 0 Å². The van der Waals surface area contributed by atoms with Gasteiger partial charge < -0.3 is 11.1 Å². The molecule has 0 radical (unpaired) electrons. The largest absolute Gasteiger partial charge is 0.401 e.